The number of fused-ring (bicyclic) bond motifs is 3. The highest BCUT2D eigenvalue weighted by molar-refractivity contribution is 5.90. The number of hydrogen-bond donors (Lipinski definition) is 1. The van der Waals surface area contributed by atoms with Crippen LogP contribution < -0.4 is 5.69 Å². The smallest absolute Gasteiger partial charge is 0.306 e. The Hall–Kier alpha value is -2.61. The first-order chi connectivity index (χ1) is 8.29. The van der Waals surface area contributed by atoms with Crippen LogP contribution in [0.25, 0.3) is 16.6 Å². The highest BCUT2D eigenvalue weighted by atomic mass is 16.1. The molecule has 1 N–H and O–H groups in total. The zero-order valence-corrected chi connectivity index (χ0v) is 8.84. The maximum atomic E-state index is 11.8. The van der Waals surface area contributed by atoms with Gasteiger partial charge < -0.3 is 4.98 Å². The van der Waals surface area contributed by atoms with Crippen molar-refractivity contribution in [2.45, 2.75) is 6.42 Å². The molecule has 2 heterocycles. The van der Waals surface area contributed by atoms with Gasteiger partial charge in [-0.3, -0.25) is 4.40 Å². The van der Waals surface area contributed by atoms with Gasteiger partial charge in [-0.1, -0.05) is 12.1 Å². The fraction of sp³-hybridized carbons (Fsp3) is 0.0833. The molecule has 0 saturated carbocycles. The molecular formula is C12H8N4O. The second-order valence-corrected chi connectivity index (χ2v) is 3.74. The second-order valence-electron chi connectivity index (χ2n) is 3.74. The lowest BCUT2D eigenvalue weighted by atomic mass is 10.2. The quantitative estimate of drug-likeness (QED) is 0.675. The highest BCUT2D eigenvalue weighted by Crippen LogP contribution is 2.15. The van der Waals surface area contributed by atoms with Crippen molar-refractivity contribution in [2.24, 2.45) is 0 Å². The third kappa shape index (κ3) is 1.39. The van der Waals surface area contributed by atoms with Gasteiger partial charge in [0.05, 0.1) is 23.7 Å². The number of imidazole rings is 1. The normalized spacial score (nSPS) is 10.8. The summed E-state index contributed by atoms with van der Waals surface area (Å²) in [7, 11) is 0. The fourth-order valence-electron chi connectivity index (χ4n) is 1.90. The number of aromatic amines is 1. The Morgan fingerprint density at radius 2 is 2.24 bits per heavy atom. The molecular weight excluding hydrogens is 216 g/mol. The van der Waals surface area contributed by atoms with Crippen LogP contribution in [0.3, 0.4) is 0 Å². The number of benzene rings is 1. The Morgan fingerprint density at radius 1 is 1.41 bits per heavy atom. The lowest BCUT2D eigenvalue weighted by Gasteiger charge is -1.98. The summed E-state index contributed by atoms with van der Waals surface area (Å²) in [5.74, 6) is 0. The Labute approximate surface area is 96.0 Å². The summed E-state index contributed by atoms with van der Waals surface area (Å²) in [4.78, 5) is 18.9. The zero-order valence-electron chi connectivity index (χ0n) is 8.84. The molecule has 0 amide bonds. The lowest BCUT2D eigenvalue weighted by Crippen LogP contribution is -2.15. The van der Waals surface area contributed by atoms with E-state index in [0.717, 1.165) is 10.9 Å². The summed E-state index contributed by atoms with van der Waals surface area (Å²) >= 11 is 0. The Bertz CT molecular complexity index is 807. The summed E-state index contributed by atoms with van der Waals surface area (Å²) in [6.07, 6.45) is 1.80. The molecule has 0 radical (unpaired) electrons. The molecule has 0 fully saturated rings. The van der Waals surface area contributed by atoms with Gasteiger partial charge >= 0.3 is 5.69 Å². The van der Waals surface area contributed by atoms with E-state index in [9.17, 15) is 4.79 Å². The standard InChI is InChI=1S/C12H8N4O/c13-6-5-8-7-16-11(14-8)9-3-1-2-4-10(9)15-12(16)17/h1-4,7H,5H2,(H,15,17). The number of H-pyrrole nitrogens is 1. The molecule has 0 spiro atoms. The van der Waals surface area contributed by atoms with Gasteiger partial charge in [0, 0.05) is 11.6 Å². The number of aromatic nitrogens is 3. The van der Waals surface area contributed by atoms with E-state index in [1.165, 1.54) is 4.40 Å². The van der Waals surface area contributed by atoms with Crippen LogP contribution in [0.5, 0.6) is 0 Å². The molecule has 0 aliphatic carbocycles. The van der Waals surface area contributed by atoms with Gasteiger partial charge in [0.1, 0.15) is 0 Å². The van der Waals surface area contributed by atoms with Crippen LogP contribution in [0.15, 0.2) is 35.3 Å². The summed E-state index contributed by atoms with van der Waals surface area (Å²) in [6, 6.07) is 9.49. The van der Waals surface area contributed by atoms with Crippen LogP contribution in [-0.2, 0) is 6.42 Å². The molecule has 1 aromatic carbocycles. The predicted molar refractivity (Wildman–Crippen MR) is 62.6 cm³/mol. The molecule has 5 nitrogen and oxygen atoms in total. The van der Waals surface area contributed by atoms with Crippen LogP contribution in [-0.4, -0.2) is 14.4 Å². The van der Waals surface area contributed by atoms with Crippen LogP contribution in [0.4, 0.5) is 0 Å². The average Bonchev–Trinajstić information content (AvgIpc) is 2.74. The van der Waals surface area contributed by atoms with E-state index in [1.807, 2.05) is 30.3 Å². The summed E-state index contributed by atoms with van der Waals surface area (Å²) < 4.78 is 1.44. The minimum atomic E-state index is -0.240. The van der Waals surface area contributed by atoms with Crippen LogP contribution in [0.1, 0.15) is 5.69 Å². The van der Waals surface area contributed by atoms with Gasteiger partial charge in [-0.25, -0.2) is 9.78 Å². The molecule has 2 aromatic heterocycles. The van der Waals surface area contributed by atoms with Crippen molar-refractivity contribution in [1.29, 1.82) is 5.26 Å². The van der Waals surface area contributed by atoms with Crippen molar-refractivity contribution in [3.63, 3.8) is 0 Å². The third-order valence-corrected chi connectivity index (χ3v) is 2.64. The molecule has 0 atom stereocenters. The predicted octanol–water partition coefficient (Wildman–Crippen LogP) is 1.24. The first kappa shape index (κ1) is 9.60. The Balaban J connectivity index is 2.48. The van der Waals surface area contributed by atoms with Crippen molar-refractivity contribution in [3.05, 3.63) is 46.6 Å². The molecule has 0 unspecified atom stereocenters. The molecule has 3 rings (SSSR count). The van der Waals surface area contributed by atoms with Crippen molar-refractivity contribution in [3.8, 4) is 6.07 Å². The van der Waals surface area contributed by atoms with Crippen molar-refractivity contribution >= 4 is 16.6 Å². The van der Waals surface area contributed by atoms with Crippen molar-refractivity contribution in [2.75, 3.05) is 0 Å². The highest BCUT2D eigenvalue weighted by Gasteiger charge is 2.08. The minimum Gasteiger partial charge on any atom is -0.306 e. The van der Waals surface area contributed by atoms with Gasteiger partial charge in [0.15, 0.2) is 5.65 Å². The van der Waals surface area contributed by atoms with Crippen molar-refractivity contribution in [1.82, 2.24) is 14.4 Å². The second kappa shape index (κ2) is 3.46. The van der Waals surface area contributed by atoms with Crippen LogP contribution in [0, 0.1) is 11.3 Å². The van der Waals surface area contributed by atoms with E-state index in [4.69, 9.17) is 5.26 Å². The average molecular weight is 224 g/mol. The molecule has 0 bridgehead atoms. The maximum Gasteiger partial charge on any atom is 0.331 e. The number of para-hydroxylation sites is 1. The van der Waals surface area contributed by atoms with E-state index < -0.39 is 0 Å². The molecule has 0 aliphatic rings. The third-order valence-electron chi connectivity index (χ3n) is 2.64. The largest absolute Gasteiger partial charge is 0.331 e. The van der Waals surface area contributed by atoms with Gasteiger partial charge in [0.25, 0.3) is 0 Å². The molecule has 0 saturated heterocycles. The van der Waals surface area contributed by atoms with Gasteiger partial charge in [-0.15, -0.1) is 0 Å². The summed E-state index contributed by atoms with van der Waals surface area (Å²) in [6.45, 7) is 0. The monoisotopic (exact) mass is 224 g/mol. The van der Waals surface area contributed by atoms with Crippen LogP contribution in [0.2, 0.25) is 0 Å². The number of nitrogens with one attached hydrogen (secondary N) is 1. The molecule has 0 aliphatic heterocycles. The van der Waals surface area contributed by atoms with E-state index in [0.29, 0.717) is 11.3 Å². The SMILES string of the molecule is N#CCc1cn2c(=O)[nH]c3ccccc3c2n1. The van der Waals surface area contributed by atoms with Gasteiger partial charge in [0.2, 0.25) is 0 Å². The number of nitrogens with zero attached hydrogens (tertiary/aromatic N) is 3. The lowest BCUT2D eigenvalue weighted by molar-refractivity contribution is 1.03. The Kier molecular flexibility index (Phi) is 1.95. The zero-order chi connectivity index (χ0) is 11.8. The molecule has 82 valence electrons. The number of rotatable bonds is 1. The summed E-state index contributed by atoms with van der Waals surface area (Å²) in [5, 5.41) is 9.51. The molecule has 17 heavy (non-hydrogen) atoms. The van der Waals surface area contributed by atoms with Gasteiger partial charge in [-0.2, -0.15) is 5.26 Å². The number of nitriles is 1. The van der Waals surface area contributed by atoms with Crippen molar-refractivity contribution < 1.29 is 0 Å². The van der Waals surface area contributed by atoms with E-state index in [2.05, 4.69) is 9.97 Å². The Morgan fingerprint density at radius 3 is 3.06 bits per heavy atom. The van der Waals surface area contributed by atoms with Crippen LogP contribution >= 0.6 is 0 Å². The fourth-order valence-corrected chi connectivity index (χ4v) is 1.90. The first-order valence-corrected chi connectivity index (χ1v) is 5.15. The minimum absolute atomic E-state index is 0.204. The van der Waals surface area contributed by atoms with E-state index in [-0.39, 0.29) is 12.1 Å². The maximum absolute atomic E-state index is 11.8. The van der Waals surface area contributed by atoms with E-state index >= 15 is 0 Å². The number of hydrogen-bond acceptors (Lipinski definition) is 3. The first-order valence-electron chi connectivity index (χ1n) is 5.15. The summed E-state index contributed by atoms with van der Waals surface area (Å²) in [5.41, 5.74) is 1.71. The van der Waals surface area contributed by atoms with E-state index in [1.54, 1.807) is 6.20 Å². The molecule has 3 aromatic rings. The molecule has 5 heteroatoms. The van der Waals surface area contributed by atoms with Gasteiger partial charge in [-0.05, 0) is 12.1 Å². The topological polar surface area (TPSA) is 73.9 Å².